The number of fused-ring (bicyclic) bond motifs is 1. The van der Waals surface area contributed by atoms with Gasteiger partial charge >= 0.3 is 0 Å². The number of likely N-dealkylation sites (N-methyl/N-ethyl adjacent to an activating group) is 1. The van der Waals surface area contributed by atoms with Crippen LogP contribution in [0.5, 0.6) is 11.5 Å². The molecule has 2 aromatic heterocycles. The van der Waals surface area contributed by atoms with Gasteiger partial charge in [-0.25, -0.2) is 0 Å². The quantitative estimate of drug-likeness (QED) is 0.182. The number of hydrogen-bond donors (Lipinski definition) is 0. The average Bonchev–Trinajstić information content (AvgIpc) is 3.64. The number of carbonyl (C=O) groups is 1. The second-order valence-electron chi connectivity index (χ2n) is 9.74. The Morgan fingerprint density at radius 1 is 0.897 bits per heavy atom. The van der Waals surface area contributed by atoms with Gasteiger partial charge in [0.1, 0.15) is 0 Å². The van der Waals surface area contributed by atoms with Crippen LogP contribution in [0.1, 0.15) is 33.9 Å². The molecule has 0 fully saturated rings. The molecule has 1 unspecified atom stereocenters. The molecule has 0 spiro atoms. The summed E-state index contributed by atoms with van der Waals surface area (Å²) in [7, 11) is 5.17. The zero-order valence-electron chi connectivity index (χ0n) is 22.7. The van der Waals surface area contributed by atoms with Gasteiger partial charge in [-0.05, 0) is 52.8 Å². The van der Waals surface area contributed by atoms with E-state index in [1.54, 1.807) is 25.6 Å². The minimum atomic E-state index is -0.0112. The van der Waals surface area contributed by atoms with Crippen molar-refractivity contribution < 1.29 is 14.3 Å². The number of benzene rings is 3. The van der Waals surface area contributed by atoms with Crippen LogP contribution in [0.25, 0.3) is 10.9 Å². The first kappa shape index (κ1) is 26.6. The van der Waals surface area contributed by atoms with Crippen LogP contribution in [-0.2, 0) is 17.8 Å². The summed E-state index contributed by atoms with van der Waals surface area (Å²) in [6.07, 6.45) is 3.41. The number of ether oxygens (including phenoxy) is 2. The topological polar surface area (TPSA) is 43.7 Å². The molecule has 0 aliphatic carbocycles. The third-order valence-corrected chi connectivity index (χ3v) is 8.25. The van der Waals surface area contributed by atoms with Gasteiger partial charge < -0.3 is 18.9 Å². The van der Waals surface area contributed by atoms with Crippen molar-refractivity contribution in [1.82, 2.24) is 9.47 Å². The van der Waals surface area contributed by atoms with Crippen molar-refractivity contribution in [2.24, 2.45) is 0 Å². The monoisotopic (exact) mass is 538 g/mol. The molecule has 3 aromatic carbocycles. The summed E-state index contributed by atoms with van der Waals surface area (Å²) < 4.78 is 13.1. The molecule has 0 saturated carbocycles. The Labute approximate surface area is 234 Å². The van der Waals surface area contributed by atoms with Crippen LogP contribution in [-0.4, -0.2) is 43.2 Å². The Morgan fingerprint density at radius 2 is 1.67 bits per heavy atom. The Morgan fingerprint density at radius 3 is 2.41 bits per heavy atom. The third-order valence-electron chi connectivity index (χ3n) is 7.27. The van der Waals surface area contributed by atoms with Crippen LogP contribution in [0, 0.1) is 0 Å². The zero-order valence-corrected chi connectivity index (χ0v) is 23.5. The Bertz CT molecular complexity index is 1530. The highest BCUT2D eigenvalue weighted by molar-refractivity contribution is 7.10. The van der Waals surface area contributed by atoms with Crippen LogP contribution in [0.4, 0.5) is 0 Å². The number of aromatic nitrogens is 1. The summed E-state index contributed by atoms with van der Waals surface area (Å²) in [5, 5.41) is 3.30. The second kappa shape index (κ2) is 12.2. The maximum atomic E-state index is 13.6. The fourth-order valence-corrected chi connectivity index (χ4v) is 5.95. The average molecular weight is 539 g/mol. The van der Waals surface area contributed by atoms with Gasteiger partial charge in [0.2, 0.25) is 5.91 Å². The van der Waals surface area contributed by atoms with Gasteiger partial charge in [0.05, 0.1) is 14.2 Å². The van der Waals surface area contributed by atoms with E-state index in [0.717, 1.165) is 18.5 Å². The van der Waals surface area contributed by atoms with E-state index in [1.165, 1.54) is 26.9 Å². The van der Waals surface area contributed by atoms with E-state index in [1.807, 2.05) is 36.2 Å². The molecule has 5 nitrogen and oxygen atoms in total. The van der Waals surface area contributed by atoms with Crippen molar-refractivity contribution >= 4 is 28.1 Å². The van der Waals surface area contributed by atoms with Crippen LogP contribution in [0.2, 0.25) is 0 Å². The smallest absolute Gasteiger partial charge is 0.223 e. The number of amides is 1. The van der Waals surface area contributed by atoms with E-state index in [-0.39, 0.29) is 11.8 Å². The molecule has 39 heavy (non-hydrogen) atoms. The lowest BCUT2D eigenvalue weighted by molar-refractivity contribution is -0.130. The summed E-state index contributed by atoms with van der Waals surface area (Å²) in [5.41, 5.74) is 4.74. The first-order valence-corrected chi connectivity index (χ1v) is 14.0. The maximum absolute atomic E-state index is 13.6. The molecule has 0 bridgehead atoms. The minimum absolute atomic E-state index is 0.0112. The third kappa shape index (κ3) is 6.02. The van der Waals surface area contributed by atoms with Gasteiger partial charge in [0.15, 0.2) is 11.5 Å². The summed E-state index contributed by atoms with van der Waals surface area (Å²) >= 11 is 1.71. The second-order valence-corrected chi connectivity index (χ2v) is 10.7. The molecular weight excluding hydrogens is 504 g/mol. The van der Waals surface area contributed by atoms with Gasteiger partial charge in [-0.2, -0.15) is 0 Å². The van der Waals surface area contributed by atoms with Gasteiger partial charge in [0, 0.05) is 54.5 Å². The lowest BCUT2D eigenvalue weighted by Crippen LogP contribution is -2.30. The first-order valence-electron chi connectivity index (χ1n) is 13.2. The predicted octanol–water partition coefficient (Wildman–Crippen LogP) is 6.99. The molecule has 0 N–H and O–H groups in total. The van der Waals surface area contributed by atoms with Crippen molar-refractivity contribution in [3.8, 4) is 11.5 Å². The van der Waals surface area contributed by atoms with E-state index in [9.17, 15) is 4.79 Å². The number of methoxy groups -OCH3 is 2. The molecule has 1 atom stereocenters. The van der Waals surface area contributed by atoms with Crippen LogP contribution in [0.15, 0.2) is 96.5 Å². The van der Waals surface area contributed by atoms with E-state index in [4.69, 9.17) is 9.47 Å². The van der Waals surface area contributed by atoms with E-state index in [2.05, 4.69) is 76.8 Å². The lowest BCUT2D eigenvalue weighted by atomic mass is 9.93. The van der Waals surface area contributed by atoms with Gasteiger partial charge in [0.25, 0.3) is 0 Å². The highest BCUT2D eigenvalue weighted by atomic mass is 32.1. The largest absolute Gasteiger partial charge is 0.493 e. The fraction of sp³-hybridized carbons (Fsp3) is 0.242. The highest BCUT2D eigenvalue weighted by Crippen LogP contribution is 2.37. The number of rotatable bonds is 11. The standard InChI is InChI=1S/C33H34N2O3S/c1-34(18-17-24-15-16-30(37-2)31(20-24)38-3)33(36)21-27(32-14-9-19-39-32)28-23-35(22-25-10-5-4-6-11-25)29-13-8-7-12-26(28)29/h4-16,19-20,23,27H,17-18,21-22H2,1-3H3. The van der Waals surface area contributed by atoms with Crippen molar-refractivity contribution in [2.75, 3.05) is 27.8 Å². The Hall–Kier alpha value is -4.03. The first-order chi connectivity index (χ1) is 19.1. The summed E-state index contributed by atoms with van der Waals surface area (Å²) in [6, 6.07) is 29.2. The van der Waals surface area contributed by atoms with Crippen molar-refractivity contribution in [3.05, 3.63) is 118 Å². The molecule has 0 aliphatic rings. The van der Waals surface area contributed by atoms with E-state index >= 15 is 0 Å². The fourth-order valence-electron chi connectivity index (χ4n) is 5.11. The number of hydrogen-bond acceptors (Lipinski definition) is 4. The molecule has 0 radical (unpaired) electrons. The zero-order chi connectivity index (χ0) is 27.2. The van der Waals surface area contributed by atoms with E-state index < -0.39 is 0 Å². The molecule has 200 valence electrons. The maximum Gasteiger partial charge on any atom is 0.223 e. The summed E-state index contributed by atoms with van der Waals surface area (Å²) in [4.78, 5) is 16.6. The molecular formula is C33H34N2O3S. The van der Waals surface area contributed by atoms with Crippen LogP contribution < -0.4 is 9.47 Å². The molecule has 0 saturated heterocycles. The van der Waals surface area contributed by atoms with Gasteiger partial charge in [-0.1, -0.05) is 60.7 Å². The predicted molar refractivity (Wildman–Crippen MR) is 159 cm³/mol. The number of thiophene rings is 1. The van der Waals surface area contributed by atoms with Crippen molar-refractivity contribution in [2.45, 2.75) is 25.3 Å². The highest BCUT2D eigenvalue weighted by Gasteiger charge is 2.25. The van der Waals surface area contributed by atoms with Gasteiger partial charge in [-0.15, -0.1) is 11.3 Å². The number of para-hydroxylation sites is 1. The Kier molecular flexibility index (Phi) is 8.33. The normalized spacial score (nSPS) is 11.9. The number of nitrogens with zero attached hydrogens (tertiary/aromatic N) is 2. The van der Waals surface area contributed by atoms with Crippen LogP contribution in [0.3, 0.4) is 0 Å². The van der Waals surface area contributed by atoms with E-state index in [0.29, 0.717) is 24.5 Å². The van der Waals surface area contributed by atoms with Crippen molar-refractivity contribution in [3.63, 3.8) is 0 Å². The minimum Gasteiger partial charge on any atom is -0.493 e. The SMILES string of the molecule is COc1ccc(CCN(C)C(=O)CC(c2cccs2)c2cn(Cc3ccccc3)c3ccccc23)cc1OC. The lowest BCUT2D eigenvalue weighted by Gasteiger charge is -2.21. The molecule has 0 aliphatic heterocycles. The number of carbonyl (C=O) groups excluding carboxylic acids is 1. The molecule has 5 rings (SSSR count). The molecule has 1 amide bonds. The molecule has 2 heterocycles. The Balaban J connectivity index is 1.37. The summed E-state index contributed by atoms with van der Waals surface area (Å²) in [5.74, 6) is 1.53. The summed E-state index contributed by atoms with van der Waals surface area (Å²) in [6.45, 7) is 1.42. The molecule has 5 aromatic rings. The molecule has 6 heteroatoms. The van der Waals surface area contributed by atoms with Crippen LogP contribution >= 0.6 is 11.3 Å². The van der Waals surface area contributed by atoms with Crippen molar-refractivity contribution in [1.29, 1.82) is 0 Å². The van der Waals surface area contributed by atoms with Gasteiger partial charge in [-0.3, -0.25) is 4.79 Å².